The Morgan fingerprint density at radius 3 is 2.48 bits per heavy atom. The van der Waals surface area contributed by atoms with E-state index in [1.807, 2.05) is 9.80 Å². The van der Waals surface area contributed by atoms with Gasteiger partial charge in [-0.2, -0.15) is 0 Å². The highest BCUT2D eigenvalue weighted by atomic mass is 16.5. The number of carbonyl (C=O) groups excluding carboxylic acids is 2. The molecule has 0 spiro atoms. The van der Waals surface area contributed by atoms with Crippen LogP contribution in [0.15, 0.2) is 0 Å². The predicted molar refractivity (Wildman–Crippen MR) is 87.0 cm³/mol. The average Bonchev–Trinajstić information content (AvgIpc) is 2.96. The molecular formula is C17H29N3O3. The topological polar surface area (TPSA) is 53.1 Å². The number of likely N-dealkylation sites (tertiary alicyclic amines) is 1. The van der Waals surface area contributed by atoms with Crippen LogP contribution in [0.25, 0.3) is 0 Å². The Labute approximate surface area is 138 Å². The standard InChI is InChI=1S/C17H29N3O3/c1-14(21)20(8-7-18-9-11-23-12-10-18)16-5-6-19(13-16)17(22)15-3-2-4-15/h15-16H,2-13H2,1H3. The first kappa shape index (κ1) is 16.7. The van der Waals surface area contributed by atoms with Crippen molar-refractivity contribution in [3.05, 3.63) is 0 Å². The highest BCUT2D eigenvalue weighted by Crippen LogP contribution is 2.30. The van der Waals surface area contributed by atoms with E-state index in [2.05, 4.69) is 4.90 Å². The lowest BCUT2D eigenvalue weighted by atomic mass is 9.84. The molecule has 3 fully saturated rings. The van der Waals surface area contributed by atoms with Crippen LogP contribution in [0.1, 0.15) is 32.6 Å². The van der Waals surface area contributed by atoms with Crippen molar-refractivity contribution in [2.24, 2.45) is 5.92 Å². The molecule has 23 heavy (non-hydrogen) atoms. The second kappa shape index (κ2) is 7.62. The Balaban J connectivity index is 1.49. The summed E-state index contributed by atoms with van der Waals surface area (Å²) in [7, 11) is 0. The van der Waals surface area contributed by atoms with E-state index in [-0.39, 0.29) is 17.9 Å². The van der Waals surface area contributed by atoms with Gasteiger partial charge in [0.1, 0.15) is 0 Å². The minimum Gasteiger partial charge on any atom is -0.379 e. The molecule has 0 radical (unpaired) electrons. The van der Waals surface area contributed by atoms with E-state index < -0.39 is 0 Å². The minimum atomic E-state index is 0.126. The van der Waals surface area contributed by atoms with Crippen molar-refractivity contribution in [3.63, 3.8) is 0 Å². The van der Waals surface area contributed by atoms with Crippen molar-refractivity contribution in [2.75, 3.05) is 52.5 Å². The minimum absolute atomic E-state index is 0.126. The van der Waals surface area contributed by atoms with Gasteiger partial charge in [-0.3, -0.25) is 14.5 Å². The Kier molecular flexibility index (Phi) is 5.54. The molecule has 6 nitrogen and oxygen atoms in total. The van der Waals surface area contributed by atoms with Gasteiger partial charge < -0.3 is 14.5 Å². The molecule has 0 N–H and O–H groups in total. The summed E-state index contributed by atoms with van der Waals surface area (Å²) in [6, 6.07) is 0.192. The number of morpholine rings is 1. The van der Waals surface area contributed by atoms with Crippen LogP contribution in [0.4, 0.5) is 0 Å². The lowest BCUT2D eigenvalue weighted by Crippen LogP contribution is -2.47. The molecular weight excluding hydrogens is 294 g/mol. The van der Waals surface area contributed by atoms with E-state index in [1.54, 1.807) is 6.92 Å². The predicted octanol–water partition coefficient (Wildman–Crippen LogP) is 0.568. The summed E-state index contributed by atoms with van der Waals surface area (Å²) < 4.78 is 5.37. The van der Waals surface area contributed by atoms with Crippen LogP contribution in [0, 0.1) is 5.92 Å². The molecule has 1 unspecified atom stereocenters. The molecule has 0 aromatic carbocycles. The van der Waals surface area contributed by atoms with E-state index in [0.717, 1.165) is 71.7 Å². The van der Waals surface area contributed by atoms with Gasteiger partial charge in [0.2, 0.25) is 11.8 Å². The monoisotopic (exact) mass is 323 g/mol. The maximum Gasteiger partial charge on any atom is 0.225 e. The van der Waals surface area contributed by atoms with Crippen molar-refractivity contribution in [3.8, 4) is 0 Å². The summed E-state index contributed by atoms with van der Waals surface area (Å²) in [4.78, 5) is 30.7. The van der Waals surface area contributed by atoms with Crippen LogP contribution in [0.3, 0.4) is 0 Å². The van der Waals surface area contributed by atoms with Crippen molar-refractivity contribution in [1.82, 2.24) is 14.7 Å². The van der Waals surface area contributed by atoms with Crippen molar-refractivity contribution < 1.29 is 14.3 Å². The van der Waals surface area contributed by atoms with Crippen LogP contribution in [0.5, 0.6) is 0 Å². The first-order valence-corrected chi connectivity index (χ1v) is 9.01. The molecule has 2 aliphatic heterocycles. The zero-order chi connectivity index (χ0) is 16.2. The van der Waals surface area contributed by atoms with Gasteiger partial charge >= 0.3 is 0 Å². The number of carbonyl (C=O) groups is 2. The fourth-order valence-corrected chi connectivity index (χ4v) is 3.78. The van der Waals surface area contributed by atoms with Gasteiger partial charge in [-0.1, -0.05) is 6.42 Å². The molecule has 2 saturated heterocycles. The lowest BCUT2D eigenvalue weighted by Gasteiger charge is -2.33. The molecule has 1 aliphatic carbocycles. The summed E-state index contributed by atoms with van der Waals surface area (Å²) in [5, 5.41) is 0. The number of amides is 2. The maximum absolute atomic E-state index is 12.4. The van der Waals surface area contributed by atoms with Crippen LogP contribution in [0.2, 0.25) is 0 Å². The smallest absolute Gasteiger partial charge is 0.225 e. The second-order valence-electron chi connectivity index (χ2n) is 7.02. The van der Waals surface area contributed by atoms with E-state index in [1.165, 1.54) is 6.42 Å². The highest BCUT2D eigenvalue weighted by Gasteiger charge is 2.36. The second-order valence-corrected chi connectivity index (χ2v) is 7.02. The molecule has 1 saturated carbocycles. The number of hydrogen-bond donors (Lipinski definition) is 0. The Morgan fingerprint density at radius 2 is 1.87 bits per heavy atom. The summed E-state index contributed by atoms with van der Waals surface area (Å²) in [5.41, 5.74) is 0. The molecule has 6 heteroatoms. The number of nitrogens with zero attached hydrogens (tertiary/aromatic N) is 3. The zero-order valence-electron chi connectivity index (χ0n) is 14.2. The number of hydrogen-bond acceptors (Lipinski definition) is 4. The SMILES string of the molecule is CC(=O)N(CCN1CCOCC1)C1CCN(C(=O)C2CCC2)C1. The number of rotatable bonds is 5. The van der Waals surface area contributed by atoms with Gasteiger partial charge in [0.25, 0.3) is 0 Å². The van der Waals surface area contributed by atoms with Crippen molar-refractivity contribution in [2.45, 2.75) is 38.6 Å². The van der Waals surface area contributed by atoms with Crippen molar-refractivity contribution >= 4 is 11.8 Å². The Bertz CT molecular complexity index is 433. The van der Waals surface area contributed by atoms with Gasteiger partial charge in [-0.25, -0.2) is 0 Å². The zero-order valence-corrected chi connectivity index (χ0v) is 14.2. The summed E-state index contributed by atoms with van der Waals surface area (Å²) in [6.07, 6.45) is 4.20. The normalized spacial score (nSPS) is 26.1. The fourth-order valence-electron chi connectivity index (χ4n) is 3.78. The van der Waals surface area contributed by atoms with Gasteiger partial charge in [0.15, 0.2) is 0 Å². The highest BCUT2D eigenvalue weighted by molar-refractivity contribution is 5.80. The van der Waals surface area contributed by atoms with Gasteiger partial charge in [0, 0.05) is 52.1 Å². The van der Waals surface area contributed by atoms with Crippen molar-refractivity contribution in [1.29, 1.82) is 0 Å². The van der Waals surface area contributed by atoms with Gasteiger partial charge in [-0.15, -0.1) is 0 Å². The molecule has 0 bridgehead atoms. The van der Waals surface area contributed by atoms with Gasteiger partial charge in [-0.05, 0) is 19.3 Å². The Morgan fingerprint density at radius 1 is 1.13 bits per heavy atom. The molecule has 2 heterocycles. The largest absolute Gasteiger partial charge is 0.379 e. The summed E-state index contributed by atoms with van der Waals surface area (Å²) in [5.74, 6) is 0.699. The third-order valence-corrected chi connectivity index (χ3v) is 5.54. The molecule has 130 valence electrons. The lowest BCUT2D eigenvalue weighted by molar-refractivity contribution is -0.138. The quantitative estimate of drug-likeness (QED) is 0.742. The third-order valence-electron chi connectivity index (χ3n) is 5.54. The maximum atomic E-state index is 12.4. The first-order valence-electron chi connectivity index (χ1n) is 9.01. The van der Waals surface area contributed by atoms with E-state index >= 15 is 0 Å². The fraction of sp³-hybridized carbons (Fsp3) is 0.882. The van der Waals surface area contributed by atoms with Gasteiger partial charge in [0.05, 0.1) is 19.3 Å². The third kappa shape index (κ3) is 4.04. The molecule has 1 atom stereocenters. The van der Waals surface area contributed by atoms with E-state index in [4.69, 9.17) is 4.74 Å². The molecule has 0 aromatic heterocycles. The van der Waals surface area contributed by atoms with Crippen LogP contribution < -0.4 is 0 Å². The molecule has 2 amide bonds. The molecule has 3 rings (SSSR count). The molecule has 0 aromatic rings. The molecule has 3 aliphatic rings. The van der Waals surface area contributed by atoms with Crippen LogP contribution in [-0.4, -0.2) is 85.0 Å². The van der Waals surface area contributed by atoms with Crippen LogP contribution in [-0.2, 0) is 14.3 Å². The summed E-state index contributed by atoms with van der Waals surface area (Å²) >= 11 is 0. The number of ether oxygens (including phenoxy) is 1. The van der Waals surface area contributed by atoms with E-state index in [0.29, 0.717) is 5.91 Å². The van der Waals surface area contributed by atoms with Crippen LogP contribution >= 0.6 is 0 Å². The first-order chi connectivity index (χ1) is 11.1. The van der Waals surface area contributed by atoms with E-state index in [9.17, 15) is 9.59 Å². The summed E-state index contributed by atoms with van der Waals surface area (Å²) in [6.45, 7) is 8.29. The Hall–Kier alpha value is -1.14. The average molecular weight is 323 g/mol.